The van der Waals surface area contributed by atoms with Crippen LogP contribution in [-0.4, -0.2) is 79.8 Å². The number of nitrogens with zero attached hydrogens (tertiary/aromatic N) is 2. The molecule has 1 fully saturated rings. The molecule has 1 aromatic rings. The lowest BCUT2D eigenvalue weighted by Gasteiger charge is -2.23. The Morgan fingerprint density at radius 1 is 1.07 bits per heavy atom. The molecular weight excluding hydrogens is 362 g/mol. The van der Waals surface area contributed by atoms with Gasteiger partial charge < -0.3 is 35.2 Å². The zero-order valence-electron chi connectivity index (χ0n) is 14.1. The number of aliphatic hydroxyl groups excluding tert-OH is 4. The van der Waals surface area contributed by atoms with Gasteiger partial charge >= 0.3 is 17.9 Å². The van der Waals surface area contributed by atoms with Crippen LogP contribution in [0.5, 0.6) is 11.9 Å². The number of hydrogen-bond acceptors (Lipinski definition) is 11. The minimum atomic E-state index is -2.23. The van der Waals surface area contributed by atoms with Gasteiger partial charge in [0.25, 0.3) is 0 Å². The Balaban J connectivity index is 1.93. The second-order valence-electron chi connectivity index (χ2n) is 6.24. The summed E-state index contributed by atoms with van der Waals surface area (Å²) in [4.78, 5) is 31.5. The Morgan fingerprint density at radius 3 is 2.37 bits per heavy atom. The number of esters is 2. The first-order valence-corrected chi connectivity index (χ1v) is 8.28. The molecule has 0 saturated carbocycles. The maximum Gasteiger partial charge on any atom is 0.345 e. The number of aromatic nitrogens is 2. The average Bonchev–Trinajstić information content (AvgIpc) is 3.17. The predicted molar refractivity (Wildman–Crippen MR) is 87.3 cm³/mol. The summed E-state index contributed by atoms with van der Waals surface area (Å²) in [6, 6.07) is -0.528. The van der Waals surface area contributed by atoms with E-state index < -0.39 is 42.4 Å². The second-order valence-corrected chi connectivity index (χ2v) is 6.24. The van der Waals surface area contributed by atoms with Gasteiger partial charge in [-0.25, -0.2) is 14.6 Å². The minimum absolute atomic E-state index is 0.269. The summed E-state index contributed by atoms with van der Waals surface area (Å²) in [5.74, 6) is -2.73. The number of carbonyl (C=O) groups is 2. The highest BCUT2D eigenvalue weighted by Gasteiger charge is 2.40. The summed E-state index contributed by atoms with van der Waals surface area (Å²) in [6.07, 6.45) is -3.17. The van der Waals surface area contributed by atoms with Crippen molar-refractivity contribution in [3.8, 4) is 11.9 Å². The van der Waals surface area contributed by atoms with Crippen molar-refractivity contribution in [1.29, 1.82) is 0 Å². The molecule has 11 nitrogen and oxygen atoms in total. The molecule has 1 saturated heterocycles. The lowest BCUT2D eigenvalue weighted by molar-refractivity contribution is -0.169. The first-order chi connectivity index (χ1) is 12.9. The van der Waals surface area contributed by atoms with Crippen LogP contribution in [0.4, 0.5) is 0 Å². The third kappa shape index (κ3) is 4.28. The van der Waals surface area contributed by atoms with E-state index in [1.807, 2.05) is 6.08 Å². The molecule has 0 aromatic carbocycles. The molecule has 5 N–H and O–H groups in total. The summed E-state index contributed by atoms with van der Waals surface area (Å²) in [5, 5.41) is 42.3. The van der Waals surface area contributed by atoms with E-state index in [1.54, 1.807) is 6.08 Å². The van der Waals surface area contributed by atoms with Crippen molar-refractivity contribution in [3.63, 3.8) is 0 Å². The molecule has 2 bridgehead atoms. The highest BCUT2D eigenvalue weighted by Crippen LogP contribution is 2.23. The molecule has 0 aliphatic carbocycles. The Hall–Kier alpha value is -2.44. The molecule has 0 spiro atoms. The molecule has 11 heteroatoms. The fourth-order valence-corrected chi connectivity index (χ4v) is 2.64. The number of nitrogens with one attached hydrogen (secondary N) is 1. The second kappa shape index (κ2) is 8.06. The molecule has 5 unspecified atom stereocenters. The third-order valence-electron chi connectivity index (χ3n) is 4.27. The van der Waals surface area contributed by atoms with E-state index in [4.69, 9.17) is 9.47 Å². The molecular formula is C16H19N3O8. The van der Waals surface area contributed by atoms with Gasteiger partial charge in [-0.15, -0.1) is 0 Å². The van der Waals surface area contributed by atoms with Crippen molar-refractivity contribution in [3.05, 3.63) is 17.8 Å². The highest BCUT2D eigenvalue weighted by molar-refractivity contribution is 5.80. The van der Waals surface area contributed by atoms with E-state index in [9.17, 15) is 30.0 Å². The average molecular weight is 381 g/mol. The molecule has 0 amide bonds. The normalized spacial score (nSPS) is 32.1. The Labute approximate surface area is 153 Å². The monoisotopic (exact) mass is 381 g/mol. The molecule has 146 valence electrons. The molecule has 0 radical (unpaired) electrons. The Kier molecular flexibility index (Phi) is 5.77. The highest BCUT2D eigenvalue weighted by atomic mass is 16.6. The topological polar surface area (TPSA) is 171 Å². The van der Waals surface area contributed by atoms with Gasteiger partial charge in [-0.2, -0.15) is 4.98 Å². The largest absolute Gasteiger partial charge is 0.405 e. The van der Waals surface area contributed by atoms with Crippen LogP contribution >= 0.6 is 0 Å². The van der Waals surface area contributed by atoms with Crippen LogP contribution in [0.25, 0.3) is 6.08 Å². The summed E-state index contributed by atoms with van der Waals surface area (Å²) in [5.41, 5.74) is 0.275. The minimum Gasteiger partial charge on any atom is -0.405 e. The third-order valence-corrected chi connectivity index (χ3v) is 4.27. The molecule has 1 aromatic heterocycles. The number of ether oxygens (including phenoxy) is 2. The van der Waals surface area contributed by atoms with Gasteiger partial charge in [0.1, 0.15) is 12.2 Å². The number of aliphatic hydroxyl groups is 4. The number of hydrogen-bond donors (Lipinski definition) is 5. The molecule has 2 aliphatic rings. The summed E-state index contributed by atoms with van der Waals surface area (Å²) < 4.78 is 9.72. The molecule has 3 rings (SSSR count). The van der Waals surface area contributed by atoms with Crippen molar-refractivity contribution < 1.29 is 39.5 Å². The van der Waals surface area contributed by atoms with Crippen molar-refractivity contribution in [2.75, 3.05) is 13.1 Å². The zero-order valence-corrected chi connectivity index (χ0v) is 14.1. The molecule has 5 atom stereocenters. The van der Waals surface area contributed by atoms with Gasteiger partial charge in [0, 0.05) is 12.7 Å². The van der Waals surface area contributed by atoms with Gasteiger partial charge in [-0.05, 0) is 18.9 Å². The van der Waals surface area contributed by atoms with E-state index in [0.29, 0.717) is 0 Å². The van der Waals surface area contributed by atoms with E-state index >= 15 is 0 Å². The fraction of sp³-hybridized carbons (Fsp3) is 0.500. The zero-order chi connectivity index (χ0) is 19.6. The first-order valence-electron chi connectivity index (χ1n) is 8.28. The van der Waals surface area contributed by atoms with Crippen molar-refractivity contribution in [2.24, 2.45) is 5.92 Å². The van der Waals surface area contributed by atoms with Crippen LogP contribution in [0.2, 0.25) is 0 Å². The van der Waals surface area contributed by atoms with Crippen molar-refractivity contribution in [2.45, 2.75) is 30.8 Å². The van der Waals surface area contributed by atoms with Gasteiger partial charge in [-0.3, -0.25) is 0 Å². The summed E-state index contributed by atoms with van der Waals surface area (Å²) in [7, 11) is 0. The van der Waals surface area contributed by atoms with Gasteiger partial charge in [0.05, 0.1) is 5.56 Å². The van der Waals surface area contributed by atoms with Crippen molar-refractivity contribution >= 4 is 18.0 Å². The summed E-state index contributed by atoms with van der Waals surface area (Å²) in [6.45, 7) is 1.68. The SMILES string of the molecule is O=C1Oc2ncc(/C=C/C3CCNC3)c(n2)OC(=O)C(O)C(O)C(O)C1O. The van der Waals surface area contributed by atoms with Crippen LogP contribution in [0.1, 0.15) is 12.0 Å². The quantitative estimate of drug-likeness (QED) is 0.339. The van der Waals surface area contributed by atoms with Crippen LogP contribution in [-0.2, 0) is 9.59 Å². The van der Waals surface area contributed by atoms with Crippen LogP contribution in [0, 0.1) is 5.92 Å². The number of rotatable bonds is 2. The van der Waals surface area contributed by atoms with Crippen LogP contribution in [0.3, 0.4) is 0 Å². The Bertz CT molecular complexity index is 749. The first kappa shape index (κ1) is 19.3. The van der Waals surface area contributed by atoms with E-state index in [0.717, 1.165) is 19.5 Å². The van der Waals surface area contributed by atoms with Crippen molar-refractivity contribution in [1.82, 2.24) is 15.3 Å². The van der Waals surface area contributed by atoms with E-state index in [1.165, 1.54) is 6.20 Å². The maximum absolute atomic E-state index is 12.1. The maximum atomic E-state index is 12.1. The van der Waals surface area contributed by atoms with E-state index in [-0.39, 0.29) is 17.4 Å². The van der Waals surface area contributed by atoms with Gasteiger partial charge in [-0.1, -0.05) is 12.2 Å². The van der Waals surface area contributed by atoms with Crippen LogP contribution < -0.4 is 14.8 Å². The predicted octanol–water partition coefficient (Wildman–Crippen LogP) is -2.63. The standard InChI is InChI=1S/C16H19N3O8/c20-9-10(21)12(23)15(25)27-16-18-6-8(2-1-7-3-4-17-5-7)13(19-16)26-14(24)11(9)22/h1-2,6-7,9-12,17,20-23H,3-5H2/b2-1+. The molecule has 27 heavy (non-hydrogen) atoms. The van der Waals surface area contributed by atoms with Gasteiger partial charge in [0.2, 0.25) is 5.88 Å². The summed E-state index contributed by atoms with van der Waals surface area (Å²) >= 11 is 0. The lowest BCUT2D eigenvalue weighted by Crippen LogP contribution is -2.51. The van der Waals surface area contributed by atoms with Crippen LogP contribution in [0.15, 0.2) is 12.3 Å². The number of fused-ring (bicyclic) bond motifs is 2. The number of carbonyl (C=O) groups excluding carboxylic acids is 2. The van der Waals surface area contributed by atoms with Gasteiger partial charge in [0.15, 0.2) is 12.2 Å². The lowest BCUT2D eigenvalue weighted by atomic mass is 10.0. The van der Waals surface area contributed by atoms with E-state index in [2.05, 4.69) is 15.3 Å². The molecule has 2 aliphatic heterocycles. The fourth-order valence-electron chi connectivity index (χ4n) is 2.64. The molecule has 3 heterocycles. The smallest absolute Gasteiger partial charge is 0.345 e. The Morgan fingerprint density at radius 2 is 1.74 bits per heavy atom.